The van der Waals surface area contributed by atoms with Crippen molar-refractivity contribution in [2.45, 2.75) is 6.92 Å². The molecule has 0 N–H and O–H groups in total. The van der Waals surface area contributed by atoms with Crippen molar-refractivity contribution >= 4 is 22.3 Å². The van der Waals surface area contributed by atoms with Crippen LogP contribution in [0.2, 0.25) is 0 Å². The lowest BCUT2D eigenvalue weighted by atomic mass is 9.95. The average molecular weight is 226 g/mol. The van der Waals surface area contributed by atoms with Crippen molar-refractivity contribution in [1.29, 1.82) is 0 Å². The number of methoxy groups -OCH3 is 1. The zero-order valence-corrected chi connectivity index (χ0v) is 9.99. The summed E-state index contributed by atoms with van der Waals surface area (Å²) in [5.74, 6) is -0.320. The maximum Gasteiger partial charge on any atom is 0.339 e. The largest absolute Gasteiger partial charge is 0.465 e. The number of esters is 1. The van der Waals surface area contributed by atoms with Crippen molar-refractivity contribution in [1.82, 2.24) is 0 Å². The van der Waals surface area contributed by atoms with Crippen LogP contribution in [-0.2, 0) is 4.74 Å². The Kier molecular flexibility index (Phi) is 2.96. The van der Waals surface area contributed by atoms with Gasteiger partial charge in [-0.15, -0.1) is 0 Å². The lowest BCUT2D eigenvalue weighted by Gasteiger charge is -2.11. The Morgan fingerprint density at radius 2 is 1.88 bits per heavy atom. The van der Waals surface area contributed by atoms with Gasteiger partial charge in [-0.1, -0.05) is 48.6 Å². The molecule has 86 valence electrons. The molecule has 2 aromatic rings. The molecule has 2 aromatic carbocycles. The highest BCUT2D eigenvalue weighted by molar-refractivity contribution is 6.08. The fourth-order valence-corrected chi connectivity index (χ4v) is 1.95. The molecule has 0 fully saturated rings. The van der Waals surface area contributed by atoms with Gasteiger partial charge in [0.25, 0.3) is 0 Å². The van der Waals surface area contributed by atoms with Crippen LogP contribution in [0.15, 0.2) is 43.0 Å². The SMILES string of the molecule is C=C(C)c1ccc2ccccc2c1C(=O)OC. The molecule has 0 spiro atoms. The van der Waals surface area contributed by atoms with Gasteiger partial charge in [0.05, 0.1) is 12.7 Å². The number of carbonyl (C=O) groups is 1. The summed E-state index contributed by atoms with van der Waals surface area (Å²) in [5, 5.41) is 1.93. The number of benzene rings is 2. The van der Waals surface area contributed by atoms with Crippen LogP contribution in [-0.4, -0.2) is 13.1 Å². The molecular formula is C15H14O2. The number of ether oxygens (including phenoxy) is 1. The molecule has 17 heavy (non-hydrogen) atoms. The van der Waals surface area contributed by atoms with Crippen LogP contribution in [0.4, 0.5) is 0 Å². The first-order valence-electron chi connectivity index (χ1n) is 5.41. The molecule has 0 aliphatic carbocycles. The van der Waals surface area contributed by atoms with Crippen LogP contribution < -0.4 is 0 Å². The highest BCUT2D eigenvalue weighted by Crippen LogP contribution is 2.27. The van der Waals surface area contributed by atoms with Crippen molar-refractivity contribution in [2.24, 2.45) is 0 Å². The molecule has 2 rings (SSSR count). The van der Waals surface area contributed by atoms with E-state index in [4.69, 9.17) is 4.74 Å². The number of allylic oxidation sites excluding steroid dienone is 1. The molecule has 0 aliphatic heterocycles. The van der Waals surface area contributed by atoms with Gasteiger partial charge < -0.3 is 4.74 Å². The number of carbonyl (C=O) groups excluding carboxylic acids is 1. The quantitative estimate of drug-likeness (QED) is 0.730. The summed E-state index contributed by atoms with van der Waals surface area (Å²) < 4.78 is 4.86. The monoisotopic (exact) mass is 226 g/mol. The van der Waals surface area contributed by atoms with Gasteiger partial charge in [0, 0.05) is 0 Å². The highest BCUT2D eigenvalue weighted by atomic mass is 16.5. The van der Waals surface area contributed by atoms with E-state index >= 15 is 0 Å². The maximum absolute atomic E-state index is 11.9. The number of hydrogen-bond acceptors (Lipinski definition) is 2. The second kappa shape index (κ2) is 4.42. The highest BCUT2D eigenvalue weighted by Gasteiger charge is 2.15. The molecule has 0 unspecified atom stereocenters. The van der Waals surface area contributed by atoms with E-state index in [1.54, 1.807) is 0 Å². The number of hydrogen-bond donors (Lipinski definition) is 0. The molecule has 0 aromatic heterocycles. The first kappa shape index (κ1) is 11.4. The molecule has 0 bridgehead atoms. The Hall–Kier alpha value is -2.09. The third-order valence-corrected chi connectivity index (χ3v) is 2.78. The molecule has 2 nitrogen and oxygen atoms in total. The molecule has 0 atom stereocenters. The minimum absolute atomic E-state index is 0.320. The van der Waals surface area contributed by atoms with Gasteiger partial charge in [0.2, 0.25) is 0 Å². The lowest BCUT2D eigenvalue weighted by molar-refractivity contribution is 0.0602. The van der Waals surface area contributed by atoms with Gasteiger partial charge in [0.15, 0.2) is 0 Å². The molecule has 0 heterocycles. The van der Waals surface area contributed by atoms with Gasteiger partial charge in [-0.05, 0) is 23.3 Å². The van der Waals surface area contributed by atoms with Gasteiger partial charge in [-0.3, -0.25) is 0 Å². The van der Waals surface area contributed by atoms with Gasteiger partial charge >= 0.3 is 5.97 Å². The molecule has 0 radical (unpaired) electrons. The van der Waals surface area contributed by atoms with Crippen LogP contribution in [0, 0.1) is 0 Å². The average Bonchev–Trinajstić information content (AvgIpc) is 2.36. The van der Waals surface area contributed by atoms with Crippen molar-refractivity contribution in [3.05, 3.63) is 54.1 Å². The number of rotatable bonds is 2. The number of fused-ring (bicyclic) bond motifs is 1. The zero-order valence-electron chi connectivity index (χ0n) is 9.99. The van der Waals surface area contributed by atoms with Crippen molar-refractivity contribution < 1.29 is 9.53 Å². The maximum atomic E-state index is 11.9. The van der Waals surface area contributed by atoms with E-state index in [9.17, 15) is 4.79 Å². The summed E-state index contributed by atoms with van der Waals surface area (Å²) in [5.41, 5.74) is 2.30. The van der Waals surface area contributed by atoms with Crippen LogP contribution in [0.25, 0.3) is 16.3 Å². The second-order valence-corrected chi connectivity index (χ2v) is 3.98. The Balaban J connectivity index is 2.84. The molecular weight excluding hydrogens is 212 g/mol. The van der Waals surface area contributed by atoms with E-state index < -0.39 is 0 Å². The molecule has 2 heteroatoms. The van der Waals surface area contributed by atoms with E-state index in [0.717, 1.165) is 21.9 Å². The van der Waals surface area contributed by atoms with Crippen LogP contribution >= 0.6 is 0 Å². The van der Waals surface area contributed by atoms with E-state index in [1.165, 1.54) is 7.11 Å². The summed E-state index contributed by atoms with van der Waals surface area (Å²) in [7, 11) is 1.40. The summed E-state index contributed by atoms with van der Waals surface area (Å²) in [6.07, 6.45) is 0. The zero-order chi connectivity index (χ0) is 12.4. The summed E-state index contributed by atoms with van der Waals surface area (Å²) >= 11 is 0. The van der Waals surface area contributed by atoms with E-state index in [0.29, 0.717) is 5.56 Å². The molecule has 0 aliphatic rings. The Labute approximate surface area is 101 Å². The topological polar surface area (TPSA) is 26.3 Å². The van der Waals surface area contributed by atoms with Crippen molar-refractivity contribution in [3.8, 4) is 0 Å². The second-order valence-electron chi connectivity index (χ2n) is 3.98. The normalized spacial score (nSPS) is 10.2. The van der Waals surface area contributed by atoms with Crippen molar-refractivity contribution in [3.63, 3.8) is 0 Å². The predicted molar refractivity (Wildman–Crippen MR) is 70.0 cm³/mol. The summed E-state index contributed by atoms with van der Waals surface area (Å²) in [6.45, 7) is 5.79. The van der Waals surface area contributed by atoms with Crippen LogP contribution in [0.1, 0.15) is 22.8 Å². The first-order valence-corrected chi connectivity index (χ1v) is 5.41. The standard InChI is InChI=1S/C15H14O2/c1-10(2)12-9-8-11-6-4-5-7-13(11)14(12)15(16)17-3/h4-9H,1H2,2-3H3. The fraction of sp³-hybridized carbons (Fsp3) is 0.133. The fourth-order valence-electron chi connectivity index (χ4n) is 1.95. The van der Waals surface area contributed by atoms with Crippen LogP contribution in [0.5, 0.6) is 0 Å². The van der Waals surface area contributed by atoms with E-state index in [2.05, 4.69) is 6.58 Å². The smallest absolute Gasteiger partial charge is 0.339 e. The first-order chi connectivity index (χ1) is 8.15. The van der Waals surface area contributed by atoms with Crippen molar-refractivity contribution in [2.75, 3.05) is 7.11 Å². The van der Waals surface area contributed by atoms with Gasteiger partial charge in [0.1, 0.15) is 0 Å². The minimum Gasteiger partial charge on any atom is -0.465 e. The molecule has 0 amide bonds. The van der Waals surface area contributed by atoms with E-state index in [-0.39, 0.29) is 5.97 Å². The Morgan fingerprint density at radius 3 is 2.53 bits per heavy atom. The Morgan fingerprint density at radius 1 is 1.18 bits per heavy atom. The summed E-state index contributed by atoms with van der Waals surface area (Å²) in [6, 6.07) is 11.7. The minimum atomic E-state index is -0.320. The third-order valence-electron chi connectivity index (χ3n) is 2.78. The molecule has 0 saturated carbocycles. The Bertz CT molecular complexity index is 597. The van der Waals surface area contributed by atoms with Gasteiger partial charge in [-0.2, -0.15) is 0 Å². The lowest BCUT2D eigenvalue weighted by Crippen LogP contribution is -2.05. The molecule has 0 saturated heterocycles. The van der Waals surface area contributed by atoms with E-state index in [1.807, 2.05) is 43.3 Å². The predicted octanol–water partition coefficient (Wildman–Crippen LogP) is 3.66. The third kappa shape index (κ3) is 1.94. The van der Waals surface area contributed by atoms with Gasteiger partial charge in [-0.25, -0.2) is 4.79 Å². The summed E-state index contributed by atoms with van der Waals surface area (Å²) in [4.78, 5) is 11.9. The van der Waals surface area contributed by atoms with Crippen LogP contribution in [0.3, 0.4) is 0 Å².